The minimum Gasteiger partial charge on any atom is -0.387 e. The summed E-state index contributed by atoms with van der Waals surface area (Å²) >= 11 is 0. The Morgan fingerprint density at radius 3 is 2.60 bits per heavy atom. The molecule has 1 aromatic carbocycles. The van der Waals surface area contributed by atoms with Gasteiger partial charge in [0.2, 0.25) is 0 Å². The molecule has 0 aromatic heterocycles. The van der Waals surface area contributed by atoms with Crippen molar-refractivity contribution in [2.24, 2.45) is 10.8 Å². The number of rotatable bonds is 3. The SMILES string of the molecule is CC1(C)C[C@@H]2C[C@@](C)(CN2C[C@H](O)c2ccccc2)C1. The minimum atomic E-state index is -0.359. The number of β-amino-alcohol motifs (C(OH)–C–C–N with tert-alkyl or cyclic N) is 1. The van der Waals surface area contributed by atoms with E-state index in [0.29, 0.717) is 16.9 Å². The molecular formula is C18H27NO. The molecule has 1 aliphatic carbocycles. The monoisotopic (exact) mass is 273 g/mol. The highest BCUT2D eigenvalue weighted by molar-refractivity contribution is 5.18. The molecule has 1 saturated heterocycles. The summed E-state index contributed by atoms with van der Waals surface area (Å²) in [5, 5.41) is 10.5. The van der Waals surface area contributed by atoms with Gasteiger partial charge in [-0.1, -0.05) is 51.1 Å². The summed E-state index contributed by atoms with van der Waals surface area (Å²) in [5.74, 6) is 0. The predicted molar refractivity (Wildman–Crippen MR) is 82.5 cm³/mol. The maximum Gasteiger partial charge on any atom is 0.0917 e. The van der Waals surface area contributed by atoms with Crippen LogP contribution in [0.5, 0.6) is 0 Å². The average Bonchev–Trinajstić information content (AvgIpc) is 2.59. The lowest BCUT2D eigenvalue weighted by Crippen LogP contribution is -2.36. The summed E-state index contributed by atoms with van der Waals surface area (Å²) in [7, 11) is 0. The van der Waals surface area contributed by atoms with Gasteiger partial charge in [0.05, 0.1) is 6.10 Å². The Morgan fingerprint density at radius 2 is 1.90 bits per heavy atom. The molecule has 3 atom stereocenters. The van der Waals surface area contributed by atoms with E-state index in [1.807, 2.05) is 30.3 Å². The lowest BCUT2D eigenvalue weighted by atomic mass is 9.65. The normalized spacial score (nSPS) is 34.1. The van der Waals surface area contributed by atoms with Crippen LogP contribution >= 0.6 is 0 Å². The van der Waals surface area contributed by atoms with Crippen LogP contribution in [0.3, 0.4) is 0 Å². The van der Waals surface area contributed by atoms with E-state index in [0.717, 1.165) is 18.7 Å². The maximum atomic E-state index is 10.5. The Labute approximate surface area is 122 Å². The van der Waals surface area contributed by atoms with E-state index < -0.39 is 0 Å². The number of hydrogen-bond donors (Lipinski definition) is 1. The molecule has 0 radical (unpaired) electrons. The molecule has 20 heavy (non-hydrogen) atoms. The predicted octanol–water partition coefficient (Wildman–Crippen LogP) is 3.62. The fourth-order valence-corrected chi connectivity index (χ4v) is 4.79. The molecule has 3 rings (SSSR count). The van der Waals surface area contributed by atoms with Gasteiger partial charge in [-0.2, -0.15) is 0 Å². The first-order valence-corrected chi connectivity index (χ1v) is 7.84. The molecule has 2 heteroatoms. The van der Waals surface area contributed by atoms with E-state index in [2.05, 4.69) is 25.7 Å². The van der Waals surface area contributed by atoms with Gasteiger partial charge >= 0.3 is 0 Å². The molecule has 2 bridgehead atoms. The van der Waals surface area contributed by atoms with Crippen molar-refractivity contribution in [1.29, 1.82) is 0 Å². The third kappa shape index (κ3) is 2.77. The highest BCUT2D eigenvalue weighted by Gasteiger charge is 2.49. The van der Waals surface area contributed by atoms with E-state index in [1.165, 1.54) is 19.3 Å². The van der Waals surface area contributed by atoms with Gasteiger partial charge in [0.1, 0.15) is 0 Å². The summed E-state index contributed by atoms with van der Waals surface area (Å²) in [4.78, 5) is 2.53. The zero-order chi connectivity index (χ0) is 14.4. The first kappa shape index (κ1) is 14.1. The fourth-order valence-electron chi connectivity index (χ4n) is 4.79. The third-order valence-corrected chi connectivity index (χ3v) is 5.11. The molecule has 110 valence electrons. The molecule has 1 heterocycles. The minimum absolute atomic E-state index is 0.359. The van der Waals surface area contributed by atoms with Gasteiger partial charge in [-0.3, -0.25) is 4.90 Å². The van der Waals surface area contributed by atoms with Gasteiger partial charge in [0.25, 0.3) is 0 Å². The lowest BCUT2D eigenvalue weighted by molar-refractivity contribution is 0.0921. The molecule has 0 spiro atoms. The molecule has 0 amide bonds. The highest BCUT2D eigenvalue weighted by Crippen LogP contribution is 2.52. The summed E-state index contributed by atoms with van der Waals surface area (Å²) in [5.41, 5.74) is 1.94. The molecule has 1 aromatic rings. The van der Waals surface area contributed by atoms with E-state index in [9.17, 15) is 5.11 Å². The third-order valence-electron chi connectivity index (χ3n) is 5.11. The first-order valence-electron chi connectivity index (χ1n) is 7.84. The Hall–Kier alpha value is -0.860. The van der Waals surface area contributed by atoms with E-state index >= 15 is 0 Å². The first-order chi connectivity index (χ1) is 9.37. The summed E-state index contributed by atoms with van der Waals surface area (Å²) in [6.45, 7) is 9.14. The number of benzene rings is 1. The number of fused-ring (bicyclic) bond motifs is 2. The van der Waals surface area contributed by atoms with Crippen LogP contribution in [0.2, 0.25) is 0 Å². The van der Waals surface area contributed by atoms with Gasteiger partial charge in [-0.05, 0) is 35.7 Å². The van der Waals surface area contributed by atoms with Crippen LogP contribution in [0.15, 0.2) is 30.3 Å². The van der Waals surface area contributed by atoms with E-state index in [1.54, 1.807) is 0 Å². The molecule has 1 saturated carbocycles. The zero-order valence-electron chi connectivity index (χ0n) is 13.0. The number of aliphatic hydroxyl groups is 1. The standard InChI is InChI=1S/C18H27NO/c1-17(2)9-15-10-18(3,12-17)13-19(15)11-16(20)14-7-5-4-6-8-14/h4-8,15-16,20H,9-13H2,1-3H3/t15-,16+,18-/m1/s1. The molecule has 2 nitrogen and oxygen atoms in total. The molecule has 0 unspecified atom stereocenters. The van der Waals surface area contributed by atoms with Crippen LogP contribution in [0, 0.1) is 10.8 Å². The molecule has 2 aliphatic rings. The second-order valence-corrected chi connectivity index (χ2v) is 8.07. The average molecular weight is 273 g/mol. The fraction of sp³-hybridized carbons (Fsp3) is 0.667. The maximum absolute atomic E-state index is 10.5. The smallest absolute Gasteiger partial charge is 0.0917 e. The molecule has 2 fully saturated rings. The van der Waals surface area contributed by atoms with Crippen molar-refractivity contribution in [2.75, 3.05) is 13.1 Å². The Kier molecular flexibility index (Phi) is 3.42. The van der Waals surface area contributed by atoms with Crippen molar-refractivity contribution < 1.29 is 5.11 Å². The Morgan fingerprint density at radius 1 is 1.20 bits per heavy atom. The number of likely N-dealkylation sites (tertiary alicyclic amines) is 1. The molecule has 1 N–H and O–H groups in total. The summed E-state index contributed by atoms with van der Waals surface area (Å²) < 4.78 is 0. The van der Waals surface area contributed by atoms with E-state index in [4.69, 9.17) is 0 Å². The van der Waals surface area contributed by atoms with Crippen molar-refractivity contribution in [3.63, 3.8) is 0 Å². The van der Waals surface area contributed by atoms with Crippen molar-refractivity contribution in [3.8, 4) is 0 Å². The largest absolute Gasteiger partial charge is 0.387 e. The van der Waals surface area contributed by atoms with Crippen molar-refractivity contribution in [3.05, 3.63) is 35.9 Å². The van der Waals surface area contributed by atoms with Crippen LogP contribution in [0.4, 0.5) is 0 Å². The number of hydrogen-bond acceptors (Lipinski definition) is 2. The van der Waals surface area contributed by atoms with Gasteiger partial charge in [-0.15, -0.1) is 0 Å². The van der Waals surface area contributed by atoms with Crippen LogP contribution < -0.4 is 0 Å². The second-order valence-electron chi connectivity index (χ2n) is 8.07. The van der Waals surface area contributed by atoms with Crippen LogP contribution in [-0.2, 0) is 0 Å². The summed E-state index contributed by atoms with van der Waals surface area (Å²) in [6.07, 6.45) is 3.53. The van der Waals surface area contributed by atoms with Gasteiger partial charge in [0, 0.05) is 19.1 Å². The van der Waals surface area contributed by atoms with Crippen LogP contribution in [-0.4, -0.2) is 29.1 Å². The molecule has 1 aliphatic heterocycles. The van der Waals surface area contributed by atoms with Crippen LogP contribution in [0.25, 0.3) is 0 Å². The quantitative estimate of drug-likeness (QED) is 0.909. The van der Waals surface area contributed by atoms with Crippen LogP contribution in [0.1, 0.15) is 51.7 Å². The highest BCUT2D eigenvalue weighted by atomic mass is 16.3. The zero-order valence-corrected chi connectivity index (χ0v) is 13.0. The lowest BCUT2D eigenvalue weighted by Gasteiger charge is -2.40. The Bertz CT molecular complexity index is 470. The topological polar surface area (TPSA) is 23.5 Å². The molecular weight excluding hydrogens is 246 g/mol. The second kappa shape index (κ2) is 4.85. The van der Waals surface area contributed by atoms with Crippen molar-refractivity contribution in [1.82, 2.24) is 4.90 Å². The summed E-state index contributed by atoms with van der Waals surface area (Å²) in [6, 6.07) is 10.7. The van der Waals surface area contributed by atoms with Gasteiger partial charge < -0.3 is 5.11 Å². The van der Waals surface area contributed by atoms with Gasteiger partial charge in [0.15, 0.2) is 0 Å². The van der Waals surface area contributed by atoms with Crippen molar-refractivity contribution in [2.45, 2.75) is 52.2 Å². The van der Waals surface area contributed by atoms with Crippen molar-refractivity contribution >= 4 is 0 Å². The van der Waals surface area contributed by atoms with Gasteiger partial charge in [-0.25, -0.2) is 0 Å². The number of aliphatic hydroxyl groups excluding tert-OH is 1. The number of nitrogens with zero attached hydrogens (tertiary/aromatic N) is 1. The Balaban J connectivity index is 1.70. The van der Waals surface area contributed by atoms with E-state index in [-0.39, 0.29) is 6.10 Å².